The maximum absolute atomic E-state index is 4.72. The number of nitrogens with zero attached hydrogens (tertiary/aromatic N) is 4. The van der Waals surface area contributed by atoms with Crippen molar-refractivity contribution in [2.45, 2.75) is 52.0 Å². The van der Waals surface area contributed by atoms with Gasteiger partial charge in [-0.3, -0.25) is 0 Å². The molecule has 0 amide bonds. The molecule has 0 radical (unpaired) electrons. The third-order valence-electron chi connectivity index (χ3n) is 3.56. The van der Waals surface area contributed by atoms with Gasteiger partial charge in [0, 0.05) is 17.9 Å². The van der Waals surface area contributed by atoms with Gasteiger partial charge in [0.2, 0.25) is 5.95 Å². The van der Waals surface area contributed by atoms with Crippen molar-refractivity contribution < 1.29 is 0 Å². The number of hydrogen-bond donors (Lipinski definition) is 0. The van der Waals surface area contributed by atoms with Gasteiger partial charge in [-0.2, -0.15) is 5.10 Å². The van der Waals surface area contributed by atoms with E-state index in [0.717, 1.165) is 42.1 Å². The second-order valence-electron chi connectivity index (χ2n) is 4.71. The van der Waals surface area contributed by atoms with Crippen molar-refractivity contribution in [3.05, 3.63) is 11.4 Å². The van der Waals surface area contributed by atoms with Gasteiger partial charge in [0.25, 0.3) is 0 Å². The molecule has 1 atom stereocenters. The molecule has 1 saturated heterocycles. The molecule has 5 heteroatoms. The van der Waals surface area contributed by atoms with Crippen LogP contribution in [0.4, 0.5) is 5.95 Å². The maximum atomic E-state index is 4.72. The van der Waals surface area contributed by atoms with E-state index in [0.29, 0.717) is 6.04 Å². The molecular formula is C13H21BrN4. The van der Waals surface area contributed by atoms with E-state index in [1.54, 1.807) is 0 Å². The minimum Gasteiger partial charge on any atom is -0.336 e. The van der Waals surface area contributed by atoms with E-state index in [1.807, 2.05) is 0 Å². The van der Waals surface area contributed by atoms with E-state index in [9.17, 15) is 0 Å². The first kappa shape index (κ1) is 13.7. The summed E-state index contributed by atoms with van der Waals surface area (Å²) in [4.78, 5) is 7.02. The minimum absolute atomic E-state index is 0.512. The first-order valence-corrected chi connectivity index (χ1v) is 7.97. The quantitative estimate of drug-likeness (QED) is 0.802. The molecule has 100 valence electrons. The van der Waals surface area contributed by atoms with Crippen LogP contribution in [0.15, 0.2) is 0 Å². The van der Waals surface area contributed by atoms with Gasteiger partial charge in [-0.1, -0.05) is 29.8 Å². The zero-order valence-corrected chi connectivity index (χ0v) is 12.8. The molecule has 1 fully saturated rings. The minimum atomic E-state index is 0.512. The van der Waals surface area contributed by atoms with Gasteiger partial charge in [-0.05, 0) is 32.1 Å². The molecule has 18 heavy (non-hydrogen) atoms. The van der Waals surface area contributed by atoms with Gasteiger partial charge in [-0.25, -0.2) is 4.98 Å². The van der Waals surface area contributed by atoms with Crippen molar-refractivity contribution in [2.24, 2.45) is 0 Å². The zero-order chi connectivity index (χ0) is 13.0. The summed E-state index contributed by atoms with van der Waals surface area (Å²) in [5.74, 6) is 0.813. The molecule has 1 aliphatic heterocycles. The molecule has 0 aromatic carbocycles. The second-order valence-corrected chi connectivity index (χ2v) is 5.36. The van der Waals surface area contributed by atoms with Crippen LogP contribution in [0.2, 0.25) is 0 Å². The van der Waals surface area contributed by atoms with E-state index in [-0.39, 0.29) is 0 Å². The number of piperidine rings is 1. The van der Waals surface area contributed by atoms with Crippen molar-refractivity contribution >= 4 is 21.9 Å². The van der Waals surface area contributed by atoms with Crippen molar-refractivity contribution in [3.63, 3.8) is 0 Å². The van der Waals surface area contributed by atoms with E-state index >= 15 is 0 Å². The van der Waals surface area contributed by atoms with Crippen LogP contribution in [0.1, 0.15) is 44.5 Å². The molecule has 1 unspecified atom stereocenters. The third-order valence-corrected chi connectivity index (χ3v) is 4.31. The fourth-order valence-corrected chi connectivity index (χ4v) is 3.15. The SMILES string of the molecule is CCc1nnc(N2CCCCC2CBr)nc1CC. The summed E-state index contributed by atoms with van der Waals surface area (Å²) in [5.41, 5.74) is 2.13. The summed E-state index contributed by atoms with van der Waals surface area (Å²) < 4.78 is 0. The molecule has 2 heterocycles. The molecule has 2 rings (SSSR count). The smallest absolute Gasteiger partial charge is 0.245 e. The van der Waals surface area contributed by atoms with E-state index in [1.165, 1.54) is 19.3 Å². The molecule has 1 aromatic rings. The largest absolute Gasteiger partial charge is 0.336 e. The second kappa shape index (κ2) is 6.45. The van der Waals surface area contributed by atoms with Crippen LogP contribution in [0.3, 0.4) is 0 Å². The van der Waals surface area contributed by atoms with Crippen LogP contribution < -0.4 is 4.90 Å². The summed E-state index contributed by atoms with van der Waals surface area (Å²) in [7, 11) is 0. The van der Waals surface area contributed by atoms with Gasteiger partial charge in [0.05, 0.1) is 11.4 Å². The van der Waals surface area contributed by atoms with E-state index in [4.69, 9.17) is 4.98 Å². The van der Waals surface area contributed by atoms with Crippen molar-refractivity contribution in [3.8, 4) is 0 Å². The van der Waals surface area contributed by atoms with Crippen molar-refractivity contribution in [2.75, 3.05) is 16.8 Å². The molecule has 0 aliphatic carbocycles. The average molecular weight is 313 g/mol. The molecular weight excluding hydrogens is 292 g/mol. The Balaban J connectivity index is 2.26. The molecule has 1 aromatic heterocycles. The predicted molar refractivity (Wildman–Crippen MR) is 77.4 cm³/mol. The standard InChI is InChI=1S/C13H21BrN4/c1-3-11-12(4-2)16-17-13(15-11)18-8-6-5-7-10(18)9-14/h10H,3-9H2,1-2H3. The lowest BCUT2D eigenvalue weighted by molar-refractivity contribution is 0.480. The fraction of sp³-hybridized carbons (Fsp3) is 0.769. The van der Waals surface area contributed by atoms with E-state index < -0.39 is 0 Å². The Hall–Kier alpha value is -0.710. The fourth-order valence-electron chi connectivity index (χ4n) is 2.47. The number of aryl methyl sites for hydroxylation is 2. The summed E-state index contributed by atoms with van der Waals surface area (Å²) in [5, 5.41) is 9.65. The normalized spacial score (nSPS) is 20.2. The molecule has 0 saturated carbocycles. The number of aromatic nitrogens is 3. The molecule has 4 nitrogen and oxygen atoms in total. The maximum Gasteiger partial charge on any atom is 0.245 e. The number of hydrogen-bond acceptors (Lipinski definition) is 4. The Morgan fingerprint density at radius 1 is 1.17 bits per heavy atom. The number of alkyl halides is 1. The lowest BCUT2D eigenvalue weighted by Gasteiger charge is -2.34. The highest BCUT2D eigenvalue weighted by Crippen LogP contribution is 2.23. The van der Waals surface area contributed by atoms with Gasteiger partial charge in [-0.15, -0.1) is 5.10 Å². The van der Waals surface area contributed by atoms with Crippen molar-refractivity contribution in [1.82, 2.24) is 15.2 Å². The third kappa shape index (κ3) is 2.82. The molecule has 0 N–H and O–H groups in total. The highest BCUT2D eigenvalue weighted by Gasteiger charge is 2.24. The van der Waals surface area contributed by atoms with Crippen LogP contribution in [-0.4, -0.2) is 33.1 Å². The Bertz CT molecular complexity index is 397. The van der Waals surface area contributed by atoms with Gasteiger partial charge in [0.1, 0.15) is 0 Å². The Kier molecular flexibility index (Phi) is 4.92. The summed E-state index contributed by atoms with van der Waals surface area (Å²) in [6, 6.07) is 0.512. The molecule has 0 bridgehead atoms. The predicted octanol–water partition coefficient (Wildman–Crippen LogP) is 2.75. The average Bonchev–Trinajstić information content (AvgIpc) is 2.46. The van der Waals surface area contributed by atoms with Crippen LogP contribution in [0.5, 0.6) is 0 Å². The lowest BCUT2D eigenvalue weighted by Crippen LogP contribution is -2.42. The van der Waals surface area contributed by atoms with Gasteiger partial charge < -0.3 is 4.90 Å². The number of anilines is 1. The first-order chi connectivity index (χ1) is 8.80. The van der Waals surface area contributed by atoms with Crippen LogP contribution in [0.25, 0.3) is 0 Å². The summed E-state index contributed by atoms with van der Waals surface area (Å²) in [6.45, 7) is 5.28. The first-order valence-electron chi connectivity index (χ1n) is 6.85. The van der Waals surface area contributed by atoms with Crippen LogP contribution in [0, 0.1) is 0 Å². The summed E-state index contributed by atoms with van der Waals surface area (Å²) in [6.07, 6.45) is 5.58. The highest BCUT2D eigenvalue weighted by molar-refractivity contribution is 9.09. The molecule has 1 aliphatic rings. The van der Waals surface area contributed by atoms with Crippen molar-refractivity contribution in [1.29, 1.82) is 0 Å². The molecule has 0 spiro atoms. The number of halogens is 1. The summed E-state index contributed by atoms with van der Waals surface area (Å²) >= 11 is 3.59. The Morgan fingerprint density at radius 2 is 1.94 bits per heavy atom. The zero-order valence-electron chi connectivity index (χ0n) is 11.2. The monoisotopic (exact) mass is 312 g/mol. The topological polar surface area (TPSA) is 41.9 Å². The number of rotatable bonds is 4. The van der Waals surface area contributed by atoms with Crippen LogP contribution in [-0.2, 0) is 12.8 Å². The van der Waals surface area contributed by atoms with Gasteiger partial charge >= 0.3 is 0 Å². The highest BCUT2D eigenvalue weighted by atomic mass is 79.9. The van der Waals surface area contributed by atoms with E-state index in [2.05, 4.69) is 44.9 Å². The van der Waals surface area contributed by atoms with Crippen LogP contribution >= 0.6 is 15.9 Å². The Morgan fingerprint density at radius 3 is 2.61 bits per heavy atom. The van der Waals surface area contributed by atoms with Gasteiger partial charge in [0.15, 0.2) is 0 Å². The Labute approximate surface area is 117 Å². The lowest BCUT2D eigenvalue weighted by atomic mass is 10.0.